The number of carbonyl (C=O) groups is 2. The Morgan fingerprint density at radius 1 is 0.947 bits per heavy atom. The predicted molar refractivity (Wildman–Crippen MR) is 73.7 cm³/mol. The van der Waals surface area contributed by atoms with Crippen LogP contribution in [0.5, 0.6) is 0 Å². The van der Waals surface area contributed by atoms with Crippen molar-refractivity contribution in [3.8, 4) is 0 Å². The van der Waals surface area contributed by atoms with Crippen LogP contribution in [0.2, 0.25) is 0 Å². The zero-order valence-corrected chi connectivity index (χ0v) is 12.1. The molecule has 0 unspecified atom stereocenters. The molecular formula is C14H25N3O2. The zero-order chi connectivity index (χ0) is 13.8. The van der Waals surface area contributed by atoms with Gasteiger partial charge in [0, 0.05) is 52.6 Å². The van der Waals surface area contributed by atoms with Gasteiger partial charge in [0.25, 0.3) is 0 Å². The zero-order valence-electron chi connectivity index (χ0n) is 12.1. The fourth-order valence-corrected chi connectivity index (χ4v) is 2.88. The van der Waals surface area contributed by atoms with Crippen molar-refractivity contribution in [2.45, 2.75) is 26.2 Å². The molecule has 0 aliphatic carbocycles. The second-order valence-corrected chi connectivity index (χ2v) is 5.84. The van der Waals surface area contributed by atoms with Gasteiger partial charge in [-0.2, -0.15) is 0 Å². The second-order valence-electron chi connectivity index (χ2n) is 5.84. The van der Waals surface area contributed by atoms with E-state index in [4.69, 9.17) is 0 Å². The fourth-order valence-electron chi connectivity index (χ4n) is 2.88. The van der Waals surface area contributed by atoms with Gasteiger partial charge in [-0.15, -0.1) is 0 Å². The highest BCUT2D eigenvalue weighted by atomic mass is 16.2. The number of likely N-dealkylation sites (N-methyl/N-ethyl adjacent to an activating group) is 1. The number of nitrogens with zero attached hydrogens (tertiary/aromatic N) is 3. The van der Waals surface area contributed by atoms with E-state index < -0.39 is 0 Å². The molecule has 0 atom stereocenters. The smallest absolute Gasteiger partial charge is 0.222 e. The van der Waals surface area contributed by atoms with E-state index >= 15 is 0 Å². The Bertz CT molecular complexity index is 330. The molecule has 2 fully saturated rings. The topological polar surface area (TPSA) is 43.9 Å². The first-order valence-corrected chi connectivity index (χ1v) is 7.28. The molecule has 5 nitrogen and oxygen atoms in total. The van der Waals surface area contributed by atoms with Gasteiger partial charge in [0.15, 0.2) is 0 Å². The molecule has 2 amide bonds. The Balaban J connectivity index is 1.73. The molecule has 2 heterocycles. The molecule has 0 bridgehead atoms. The number of carbonyl (C=O) groups excluding carboxylic acids is 2. The van der Waals surface area contributed by atoms with Crippen molar-refractivity contribution in [1.82, 2.24) is 14.7 Å². The number of piperazine rings is 1. The number of amides is 2. The molecule has 0 N–H and O–H groups in total. The highest BCUT2D eigenvalue weighted by Crippen LogP contribution is 2.21. The van der Waals surface area contributed by atoms with Gasteiger partial charge >= 0.3 is 0 Å². The van der Waals surface area contributed by atoms with Gasteiger partial charge in [0.1, 0.15) is 0 Å². The van der Waals surface area contributed by atoms with Crippen LogP contribution >= 0.6 is 0 Å². The van der Waals surface area contributed by atoms with Crippen molar-refractivity contribution in [1.29, 1.82) is 0 Å². The van der Waals surface area contributed by atoms with E-state index in [2.05, 4.69) is 11.9 Å². The van der Waals surface area contributed by atoms with Gasteiger partial charge in [0.2, 0.25) is 11.8 Å². The van der Waals surface area contributed by atoms with Crippen molar-refractivity contribution in [2.75, 3.05) is 46.3 Å². The Labute approximate surface area is 115 Å². The van der Waals surface area contributed by atoms with E-state index in [1.54, 1.807) is 6.92 Å². The molecule has 108 valence electrons. The van der Waals surface area contributed by atoms with Crippen LogP contribution in [0.3, 0.4) is 0 Å². The summed E-state index contributed by atoms with van der Waals surface area (Å²) >= 11 is 0. The molecule has 0 aromatic carbocycles. The number of likely N-dealkylation sites (tertiary alicyclic amines) is 1. The molecule has 0 saturated carbocycles. The van der Waals surface area contributed by atoms with Gasteiger partial charge < -0.3 is 14.7 Å². The molecule has 2 saturated heterocycles. The first-order chi connectivity index (χ1) is 9.06. The molecule has 5 heteroatoms. The third-order valence-corrected chi connectivity index (χ3v) is 4.38. The predicted octanol–water partition coefficient (Wildman–Crippen LogP) is 0.409. The summed E-state index contributed by atoms with van der Waals surface area (Å²) in [6.45, 7) is 6.94. The minimum absolute atomic E-state index is 0.156. The van der Waals surface area contributed by atoms with E-state index in [1.165, 1.54) is 0 Å². The lowest BCUT2D eigenvalue weighted by Gasteiger charge is -2.35. The molecular weight excluding hydrogens is 242 g/mol. The van der Waals surface area contributed by atoms with Crippen molar-refractivity contribution in [3.05, 3.63) is 0 Å². The Kier molecular flexibility index (Phi) is 4.80. The number of rotatable bonds is 2. The summed E-state index contributed by atoms with van der Waals surface area (Å²) in [7, 11) is 2.10. The fraction of sp³-hybridized carbons (Fsp3) is 0.857. The molecule has 2 rings (SSSR count). The molecule has 2 aliphatic heterocycles. The Hall–Kier alpha value is -1.10. The lowest BCUT2D eigenvalue weighted by Crippen LogP contribution is -2.48. The molecule has 0 aromatic heterocycles. The average molecular weight is 267 g/mol. The molecule has 19 heavy (non-hydrogen) atoms. The van der Waals surface area contributed by atoms with Gasteiger partial charge in [-0.3, -0.25) is 9.59 Å². The first-order valence-electron chi connectivity index (χ1n) is 7.28. The van der Waals surface area contributed by atoms with Crippen LogP contribution in [-0.4, -0.2) is 72.8 Å². The van der Waals surface area contributed by atoms with Gasteiger partial charge in [0.05, 0.1) is 0 Å². The molecule has 0 radical (unpaired) electrons. The number of hydrogen-bond acceptors (Lipinski definition) is 3. The Morgan fingerprint density at radius 3 is 2.05 bits per heavy atom. The molecule has 0 spiro atoms. The summed E-state index contributed by atoms with van der Waals surface area (Å²) in [5, 5.41) is 0. The lowest BCUT2D eigenvalue weighted by molar-refractivity contribution is -0.134. The van der Waals surface area contributed by atoms with Crippen LogP contribution in [0, 0.1) is 5.92 Å². The van der Waals surface area contributed by atoms with E-state index in [0.717, 1.165) is 52.1 Å². The molecule has 0 aromatic rings. The molecule has 2 aliphatic rings. The summed E-state index contributed by atoms with van der Waals surface area (Å²) < 4.78 is 0. The van der Waals surface area contributed by atoms with Crippen molar-refractivity contribution < 1.29 is 9.59 Å². The maximum Gasteiger partial charge on any atom is 0.222 e. The largest absolute Gasteiger partial charge is 0.343 e. The van der Waals surface area contributed by atoms with Gasteiger partial charge in [-0.1, -0.05) is 0 Å². The van der Waals surface area contributed by atoms with Crippen LogP contribution in [-0.2, 0) is 9.59 Å². The summed E-state index contributed by atoms with van der Waals surface area (Å²) in [5.74, 6) is 0.918. The number of hydrogen-bond donors (Lipinski definition) is 0. The van der Waals surface area contributed by atoms with Crippen molar-refractivity contribution in [2.24, 2.45) is 5.92 Å². The van der Waals surface area contributed by atoms with Gasteiger partial charge in [-0.25, -0.2) is 0 Å². The maximum absolute atomic E-state index is 12.2. The minimum Gasteiger partial charge on any atom is -0.343 e. The highest BCUT2D eigenvalue weighted by molar-refractivity contribution is 5.76. The maximum atomic E-state index is 12.2. The summed E-state index contributed by atoms with van der Waals surface area (Å²) in [4.78, 5) is 29.6. The SMILES string of the molecule is CC(=O)N1CCC(CC(=O)N2CCN(C)CC2)CC1. The standard InChI is InChI=1S/C14H25N3O2/c1-12(18)16-5-3-13(4-6-16)11-14(19)17-9-7-15(2)8-10-17/h13H,3-11H2,1-2H3. The lowest BCUT2D eigenvalue weighted by atomic mass is 9.93. The van der Waals surface area contributed by atoms with Crippen molar-refractivity contribution in [3.63, 3.8) is 0 Å². The average Bonchev–Trinajstić information content (AvgIpc) is 2.40. The van der Waals surface area contributed by atoms with Crippen LogP contribution in [0.4, 0.5) is 0 Å². The quantitative estimate of drug-likeness (QED) is 0.728. The van der Waals surface area contributed by atoms with Crippen LogP contribution in [0.25, 0.3) is 0 Å². The first kappa shape index (κ1) is 14.3. The summed E-state index contributed by atoms with van der Waals surface area (Å²) in [5.41, 5.74) is 0. The number of piperidine rings is 1. The Morgan fingerprint density at radius 2 is 1.53 bits per heavy atom. The minimum atomic E-state index is 0.156. The monoisotopic (exact) mass is 267 g/mol. The van der Waals surface area contributed by atoms with E-state index in [-0.39, 0.29) is 5.91 Å². The summed E-state index contributed by atoms with van der Waals surface area (Å²) in [6.07, 6.45) is 2.60. The van der Waals surface area contributed by atoms with E-state index in [1.807, 2.05) is 9.80 Å². The van der Waals surface area contributed by atoms with Crippen molar-refractivity contribution >= 4 is 11.8 Å². The third kappa shape index (κ3) is 3.93. The van der Waals surface area contributed by atoms with Crippen LogP contribution in [0.15, 0.2) is 0 Å². The van der Waals surface area contributed by atoms with Crippen LogP contribution < -0.4 is 0 Å². The van der Waals surface area contributed by atoms with E-state index in [9.17, 15) is 9.59 Å². The summed E-state index contributed by atoms with van der Waals surface area (Å²) in [6, 6.07) is 0. The third-order valence-electron chi connectivity index (χ3n) is 4.38. The second kappa shape index (κ2) is 6.37. The van der Waals surface area contributed by atoms with Gasteiger partial charge in [-0.05, 0) is 25.8 Å². The van der Waals surface area contributed by atoms with Crippen LogP contribution in [0.1, 0.15) is 26.2 Å². The normalized spacial score (nSPS) is 22.6. The van der Waals surface area contributed by atoms with E-state index in [0.29, 0.717) is 18.2 Å². The highest BCUT2D eigenvalue weighted by Gasteiger charge is 2.25.